The van der Waals surface area contributed by atoms with E-state index in [1.165, 1.54) is 83.5 Å². The van der Waals surface area contributed by atoms with Gasteiger partial charge in [-0.1, -0.05) is 25.7 Å². The second kappa shape index (κ2) is 3.09. The third kappa shape index (κ3) is 0.748. The van der Waals surface area contributed by atoms with Crippen LogP contribution in [-0.2, 0) is 4.74 Å². The van der Waals surface area contributed by atoms with Gasteiger partial charge in [0.05, 0.1) is 0 Å². The highest BCUT2D eigenvalue weighted by Gasteiger charge is 3.02. The van der Waals surface area contributed by atoms with Crippen LogP contribution in [-0.4, -0.2) is 11.2 Å². The lowest BCUT2D eigenvalue weighted by molar-refractivity contribution is -0.181. The number of epoxide rings is 1. The standard InChI is InChI=1S/C21H30O/c1-6-16-7-2-14-19(13-1)17-9-4-11-18(17,12-5-10-17)20(15-3-8-16)21(16,19)22-20/h1-15H2. The molecule has 1 heterocycles. The highest BCUT2D eigenvalue weighted by atomic mass is 16.6. The van der Waals surface area contributed by atoms with Crippen molar-refractivity contribution in [2.24, 2.45) is 21.7 Å². The van der Waals surface area contributed by atoms with Gasteiger partial charge in [0.15, 0.2) is 0 Å². The van der Waals surface area contributed by atoms with E-state index in [2.05, 4.69) is 0 Å². The first-order valence-electron chi connectivity index (χ1n) is 10.4. The highest BCUT2D eigenvalue weighted by Crippen LogP contribution is 2.98. The van der Waals surface area contributed by atoms with Crippen LogP contribution in [0.5, 0.6) is 0 Å². The Morgan fingerprint density at radius 3 is 1.64 bits per heavy atom. The predicted molar refractivity (Wildman–Crippen MR) is 85.5 cm³/mol. The van der Waals surface area contributed by atoms with Crippen LogP contribution in [0.4, 0.5) is 0 Å². The predicted octanol–water partition coefficient (Wildman–Crippen LogP) is 5.37. The molecule has 2 bridgehead atoms. The summed E-state index contributed by atoms with van der Waals surface area (Å²) in [6.07, 6.45) is 22.9. The van der Waals surface area contributed by atoms with Gasteiger partial charge in [0.25, 0.3) is 0 Å². The summed E-state index contributed by atoms with van der Waals surface area (Å²) in [4.78, 5) is 0. The second-order valence-corrected chi connectivity index (χ2v) is 10.4. The molecule has 1 heteroatoms. The summed E-state index contributed by atoms with van der Waals surface area (Å²) >= 11 is 0. The highest BCUT2D eigenvalue weighted by molar-refractivity contribution is 5.49. The third-order valence-corrected chi connectivity index (χ3v) is 11.0. The van der Waals surface area contributed by atoms with Gasteiger partial charge >= 0.3 is 0 Å². The molecule has 0 aromatic carbocycles. The topological polar surface area (TPSA) is 12.5 Å². The van der Waals surface area contributed by atoms with E-state index in [1.807, 2.05) is 0 Å². The fraction of sp³-hybridized carbons (Fsp3) is 1.00. The molecule has 2 unspecified atom stereocenters. The third-order valence-electron chi connectivity index (χ3n) is 11.0. The second-order valence-electron chi connectivity index (χ2n) is 10.4. The molecule has 1 spiro atoms. The van der Waals surface area contributed by atoms with Gasteiger partial charge in [-0.2, -0.15) is 0 Å². The lowest BCUT2D eigenvalue weighted by Crippen LogP contribution is -2.62. The SMILES string of the molecule is C1CC23CCCC2(C1)C12CCCC45CCCC3(CCC4)C51O2. The lowest BCUT2D eigenvalue weighted by atomic mass is 9.40. The van der Waals surface area contributed by atoms with Gasteiger partial charge in [0.2, 0.25) is 0 Å². The van der Waals surface area contributed by atoms with Crippen molar-refractivity contribution in [2.45, 2.75) is 108 Å². The number of rotatable bonds is 0. The molecule has 2 atom stereocenters. The maximum absolute atomic E-state index is 7.22. The van der Waals surface area contributed by atoms with Gasteiger partial charge in [-0.15, -0.1) is 0 Å². The summed E-state index contributed by atoms with van der Waals surface area (Å²) in [5.74, 6) is 0. The zero-order chi connectivity index (χ0) is 14.3. The van der Waals surface area contributed by atoms with Crippen molar-refractivity contribution in [3.63, 3.8) is 0 Å². The van der Waals surface area contributed by atoms with Crippen molar-refractivity contribution >= 4 is 0 Å². The summed E-state index contributed by atoms with van der Waals surface area (Å²) < 4.78 is 7.22. The van der Waals surface area contributed by atoms with E-state index >= 15 is 0 Å². The van der Waals surface area contributed by atoms with Gasteiger partial charge in [-0.05, 0) is 76.0 Å². The minimum atomic E-state index is 0.381. The summed E-state index contributed by atoms with van der Waals surface area (Å²) in [5.41, 5.74) is 3.40. The molecule has 22 heavy (non-hydrogen) atoms. The Labute approximate surface area is 134 Å². The molecule has 1 nitrogen and oxygen atoms in total. The van der Waals surface area contributed by atoms with Crippen LogP contribution in [0.25, 0.3) is 0 Å². The molecular weight excluding hydrogens is 268 g/mol. The Kier molecular flexibility index (Phi) is 1.73. The van der Waals surface area contributed by atoms with E-state index in [0.717, 1.165) is 5.41 Å². The molecule has 0 aromatic heterocycles. The number of hydrogen-bond donors (Lipinski definition) is 0. The minimum absolute atomic E-state index is 0.381. The van der Waals surface area contributed by atoms with Gasteiger partial charge in [0.1, 0.15) is 11.2 Å². The summed E-state index contributed by atoms with van der Waals surface area (Å²) in [6.45, 7) is 0. The first-order chi connectivity index (χ1) is 10.7. The quantitative estimate of drug-likeness (QED) is 0.547. The fourth-order valence-corrected chi connectivity index (χ4v) is 11.3. The van der Waals surface area contributed by atoms with Gasteiger partial charge in [-0.3, -0.25) is 0 Å². The monoisotopic (exact) mass is 298 g/mol. The Morgan fingerprint density at radius 1 is 0.455 bits per heavy atom. The minimum Gasteiger partial charge on any atom is -0.361 e. The summed E-state index contributed by atoms with van der Waals surface area (Å²) in [7, 11) is 0. The van der Waals surface area contributed by atoms with Crippen LogP contribution in [0.3, 0.4) is 0 Å². The number of ether oxygens (including phenoxy) is 1. The van der Waals surface area contributed by atoms with Crippen molar-refractivity contribution in [1.82, 2.24) is 0 Å². The van der Waals surface area contributed by atoms with Crippen LogP contribution < -0.4 is 0 Å². The van der Waals surface area contributed by atoms with E-state index in [0.29, 0.717) is 27.4 Å². The average molecular weight is 298 g/mol. The summed E-state index contributed by atoms with van der Waals surface area (Å²) in [5, 5.41) is 0. The molecule has 0 radical (unpaired) electrons. The molecule has 7 rings (SSSR count). The molecular formula is C21H30O. The molecule has 1 saturated heterocycles. The Bertz CT molecular complexity index is 565. The fourth-order valence-electron chi connectivity index (χ4n) is 11.3. The molecule has 0 amide bonds. The van der Waals surface area contributed by atoms with E-state index in [1.54, 1.807) is 12.8 Å². The first-order valence-corrected chi connectivity index (χ1v) is 10.4. The van der Waals surface area contributed by atoms with Crippen molar-refractivity contribution in [1.29, 1.82) is 0 Å². The molecule has 6 saturated carbocycles. The zero-order valence-electron chi connectivity index (χ0n) is 14.0. The van der Waals surface area contributed by atoms with Crippen LogP contribution in [0, 0.1) is 21.7 Å². The molecule has 1 aliphatic heterocycles. The molecule has 0 N–H and O–H groups in total. The molecule has 7 aliphatic rings. The van der Waals surface area contributed by atoms with Crippen molar-refractivity contribution in [3.8, 4) is 0 Å². The van der Waals surface area contributed by atoms with E-state index in [9.17, 15) is 0 Å². The smallest absolute Gasteiger partial charge is 0.110 e. The van der Waals surface area contributed by atoms with E-state index < -0.39 is 0 Å². The Morgan fingerprint density at radius 2 is 0.955 bits per heavy atom. The average Bonchev–Trinajstić information content (AvgIpc) is 2.80. The van der Waals surface area contributed by atoms with Crippen molar-refractivity contribution < 1.29 is 4.74 Å². The largest absolute Gasteiger partial charge is 0.361 e. The van der Waals surface area contributed by atoms with Crippen LogP contribution in [0.15, 0.2) is 0 Å². The molecule has 6 aliphatic carbocycles. The Hall–Kier alpha value is -0.0400. The lowest BCUT2D eigenvalue weighted by Gasteiger charge is -2.63. The van der Waals surface area contributed by atoms with E-state index in [-0.39, 0.29) is 0 Å². The van der Waals surface area contributed by atoms with Crippen molar-refractivity contribution in [2.75, 3.05) is 0 Å². The Balaban J connectivity index is 1.61. The van der Waals surface area contributed by atoms with Crippen LogP contribution in [0.1, 0.15) is 96.3 Å². The first kappa shape index (κ1) is 12.3. The maximum atomic E-state index is 7.22. The van der Waals surface area contributed by atoms with Gasteiger partial charge < -0.3 is 4.74 Å². The van der Waals surface area contributed by atoms with E-state index in [4.69, 9.17) is 4.74 Å². The number of hydrogen-bond acceptors (Lipinski definition) is 1. The zero-order valence-corrected chi connectivity index (χ0v) is 14.0. The van der Waals surface area contributed by atoms with Gasteiger partial charge in [0, 0.05) is 16.2 Å². The van der Waals surface area contributed by atoms with Gasteiger partial charge in [-0.25, -0.2) is 0 Å². The van der Waals surface area contributed by atoms with Crippen LogP contribution in [0.2, 0.25) is 0 Å². The van der Waals surface area contributed by atoms with Crippen molar-refractivity contribution in [3.05, 3.63) is 0 Å². The maximum Gasteiger partial charge on any atom is 0.110 e. The molecule has 0 aromatic rings. The van der Waals surface area contributed by atoms with Crippen LogP contribution >= 0.6 is 0 Å². The normalized spacial score (nSPS) is 69.8. The molecule has 120 valence electrons. The summed E-state index contributed by atoms with van der Waals surface area (Å²) in [6, 6.07) is 0. The molecule has 7 fully saturated rings.